The fraction of sp³-hybridized carbons (Fsp3) is 0.462. The third-order valence-electron chi connectivity index (χ3n) is 6.98. The summed E-state index contributed by atoms with van der Waals surface area (Å²) >= 11 is 0. The zero-order valence-electron chi connectivity index (χ0n) is 20.4. The van der Waals surface area contributed by atoms with Crippen molar-refractivity contribution in [1.29, 1.82) is 0 Å². The van der Waals surface area contributed by atoms with E-state index >= 15 is 0 Å². The summed E-state index contributed by atoms with van der Waals surface area (Å²) in [6.45, 7) is 2.70. The highest BCUT2D eigenvalue weighted by molar-refractivity contribution is 5.80. The minimum absolute atomic E-state index is 0.0355. The Morgan fingerprint density at radius 2 is 1.61 bits per heavy atom. The zero-order chi connectivity index (χ0) is 28.0. The van der Waals surface area contributed by atoms with Crippen LogP contribution in [-0.2, 0) is 26.7 Å². The molecule has 2 heterocycles. The number of carbonyl (C=O) groups excluding carboxylic acids is 2. The highest BCUT2D eigenvalue weighted by Crippen LogP contribution is 2.43. The van der Waals surface area contributed by atoms with Gasteiger partial charge < -0.3 is 15.0 Å². The molecule has 0 radical (unpaired) electrons. The van der Waals surface area contributed by atoms with E-state index in [0.29, 0.717) is 24.1 Å². The number of amides is 2. The number of alkyl halides is 6. The minimum Gasteiger partial charge on any atom is -0.368 e. The van der Waals surface area contributed by atoms with Gasteiger partial charge in [-0.05, 0) is 54.8 Å². The Bertz CT molecular complexity index is 1160. The van der Waals surface area contributed by atoms with Crippen molar-refractivity contribution in [2.75, 3.05) is 6.54 Å². The molecule has 2 saturated heterocycles. The number of fused-ring (bicyclic) bond motifs is 1. The summed E-state index contributed by atoms with van der Waals surface area (Å²) in [7, 11) is 0. The maximum absolute atomic E-state index is 13.6. The van der Waals surface area contributed by atoms with Gasteiger partial charge in [-0.2, -0.15) is 26.3 Å². The first-order valence-electron chi connectivity index (χ1n) is 11.9. The predicted octanol–water partition coefficient (Wildman–Crippen LogP) is 5.60. The smallest absolute Gasteiger partial charge is 0.368 e. The van der Waals surface area contributed by atoms with Gasteiger partial charge in [-0.15, -0.1) is 0 Å². The van der Waals surface area contributed by atoms with Gasteiger partial charge in [0.15, 0.2) is 0 Å². The molecule has 2 aliphatic rings. The third-order valence-corrected chi connectivity index (χ3v) is 6.98. The zero-order valence-corrected chi connectivity index (χ0v) is 20.4. The lowest BCUT2D eigenvalue weighted by Gasteiger charge is -2.37. The number of hydrogen-bond donors (Lipinski definition) is 1. The van der Waals surface area contributed by atoms with Crippen LogP contribution < -0.4 is 5.32 Å². The summed E-state index contributed by atoms with van der Waals surface area (Å²) in [6, 6.07) is 5.79. The van der Waals surface area contributed by atoms with E-state index in [-0.39, 0.29) is 36.4 Å². The summed E-state index contributed by atoms with van der Waals surface area (Å²) in [6.07, 6.45) is -11.6. The molecule has 12 heteroatoms. The van der Waals surface area contributed by atoms with Crippen LogP contribution in [0.15, 0.2) is 42.5 Å². The van der Waals surface area contributed by atoms with Gasteiger partial charge in [0, 0.05) is 37.9 Å². The average Bonchev–Trinajstić information content (AvgIpc) is 3.16. The van der Waals surface area contributed by atoms with Gasteiger partial charge in [-0.1, -0.05) is 12.1 Å². The van der Waals surface area contributed by atoms with E-state index in [0.717, 1.165) is 0 Å². The number of benzene rings is 2. The Kier molecular flexibility index (Phi) is 7.48. The fourth-order valence-corrected chi connectivity index (χ4v) is 5.35. The predicted molar refractivity (Wildman–Crippen MR) is 121 cm³/mol. The Labute approximate surface area is 213 Å². The van der Waals surface area contributed by atoms with Gasteiger partial charge in [0.25, 0.3) is 0 Å². The van der Waals surface area contributed by atoms with Crippen molar-refractivity contribution < 1.29 is 45.1 Å². The Hall–Kier alpha value is -3.15. The fourth-order valence-electron chi connectivity index (χ4n) is 5.35. The topological polar surface area (TPSA) is 58.6 Å². The second kappa shape index (κ2) is 10.2. The quantitative estimate of drug-likeness (QED) is 0.497. The SMILES string of the molecule is CC(=O)NC1CC(=O)N2C[C@H](O[C@H](C)c3cc(C(F)(F)F)cc(C(F)(F)F)c3)C(c3ccc(F)cc3)[C@@H]2C1. The molecule has 2 amide bonds. The molecule has 4 rings (SSSR count). The first kappa shape index (κ1) is 27.9. The Morgan fingerprint density at radius 3 is 2.13 bits per heavy atom. The molecule has 0 spiro atoms. The highest BCUT2D eigenvalue weighted by atomic mass is 19.4. The Balaban J connectivity index is 1.68. The molecular weight excluding hydrogens is 521 g/mol. The molecule has 0 bridgehead atoms. The standard InChI is InChI=1S/C26H25F7N2O3/c1-13(16-7-17(25(28,29)30)9-18(8-16)26(31,32)33)38-22-12-35-21(10-20(11-23(35)37)34-14(2)36)24(22)15-3-5-19(27)6-4-15/h3-9,13,20-22,24H,10-12H2,1-2H3,(H,34,36)/t13-,20?,21+,22+,24?/m1/s1. The monoisotopic (exact) mass is 546 g/mol. The van der Waals surface area contributed by atoms with Gasteiger partial charge in [0.2, 0.25) is 11.8 Å². The van der Waals surface area contributed by atoms with Crippen molar-refractivity contribution in [2.45, 2.75) is 69.3 Å². The summed E-state index contributed by atoms with van der Waals surface area (Å²) in [4.78, 5) is 26.1. The summed E-state index contributed by atoms with van der Waals surface area (Å²) in [5.41, 5.74) is -2.64. The van der Waals surface area contributed by atoms with Crippen LogP contribution in [0, 0.1) is 5.82 Å². The molecule has 0 aromatic heterocycles. The van der Waals surface area contributed by atoms with E-state index in [1.165, 1.54) is 38.1 Å². The van der Waals surface area contributed by atoms with Crippen LogP contribution in [-0.4, -0.2) is 41.4 Å². The summed E-state index contributed by atoms with van der Waals surface area (Å²) < 4.78 is 100.0. The van der Waals surface area contributed by atoms with E-state index in [4.69, 9.17) is 4.74 Å². The van der Waals surface area contributed by atoms with E-state index in [1.807, 2.05) is 0 Å². The number of ether oxygens (including phenoxy) is 1. The summed E-state index contributed by atoms with van der Waals surface area (Å²) in [5, 5.41) is 2.73. The molecule has 2 aliphatic heterocycles. The normalized spacial score (nSPS) is 24.8. The minimum atomic E-state index is -5.01. The lowest BCUT2D eigenvalue weighted by Crippen LogP contribution is -2.51. The lowest BCUT2D eigenvalue weighted by molar-refractivity contribution is -0.143. The van der Waals surface area contributed by atoms with Crippen molar-refractivity contribution in [1.82, 2.24) is 10.2 Å². The molecule has 2 unspecified atom stereocenters. The first-order valence-corrected chi connectivity index (χ1v) is 11.9. The van der Waals surface area contributed by atoms with Crippen LogP contribution in [0.4, 0.5) is 30.7 Å². The van der Waals surface area contributed by atoms with Gasteiger partial charge in [-0.25, -0.2) is 4.39 Å². The number of halogens is 7. The molecule has 2 fully saturated rings. The number of rotatable bonds is 5. The number of piperidine rings is 1. The van der Waals surface area contributed by atoms with Crippen molar-refractivity contribution in [2.24, 2.45) is 0 Å². The molecule has 2 aromatic rings. The average molecular weight is 546 g/mol. The molecule has 2 aromatic carbocycles. The number of nitrogens with one attached hydrogen (secondary N) is 1. The second-order valence-corrected chi connectivity index (χ2v) is 9.68. The third kappa shape index (κ3) is 5.95. The molecule has 0 saturated carbocycles. The van der Waals surface area contributed by atoms with Crippen molar-refractivity contribution in [3.63, 3.8) is 0 Å². The molecule has 38 heavy (non-hydrogen) atoms. The summed E-state index contributed by atoms with van der Waals surface area (Å²) in [5.74, 6) is -1.66. The van der Waals surface area contributed by atoms with Gasteiger partial charge in [0.05, 0.1) is 23.3 Å². The molecule has 5 atom stereocenters. The van der Waals surface area contributed by atoms with Crippen LogP contribution in [0.25, 0.3) is 0 Å². The van der Waals surface area contributed by atoms with Crippen molar-refractivity contribution in [3.05, 3.63) is 70.5 Å². The second-order valence-electron chi connectivity index (χ2n) is 9.68. The van der Waals surface area contributed by atoms with E-state index < -0.39 is 59.5 Å². The van der Waals surface area contributed by atoms with Crippen LogP contribution in [0.1, 0.15) is 61.0 Å². The number of hydrogen-bond acceptors (Lipinski definition) is 3. The van der Waals surface area contributed by atoms with E-state index in [1.54, 1.807) is 4.90 Å². The van der Waals surface area contributed by atoms with Crippen LogP contribution in [0.5, 0.6) is 0 Å². The molecule has 206 valence electrons. The van der Waals surface area contributed by atoms with Crippen molar-refractivity contribution in [3.8, 4) is 0 Å². The molecule has 5 nitrogen and oxygen atoms in total. The lowest BCUT2D eigenvalue weighted by atomic mass is 9.84. The number of carbonyl (C=O) groups is 2. The van der Waals surface area contributed by atoms with Gasteiger partial charge in [-0.3, -0.25) is 9.59 Å². The van der Waals surface area contributed by atoms with Crippen LogP contribution in [0.3, 0.4) is 0 Å². The maximum Gasteiger partial charge on any atom is 0.416 e. The largest absolute Gasteiger partial charge is 0.416 e. The van der Waals surface area contributed by atoms with Gasteiger partial charge >= 0.3 is 12.4 Å². The van der Waals surface area contributed by atoms with Gasteiger partial charge in [0.1, 0.15) is 5.82 Å². The van der Waals surface area contributed by atoms with E-state index in [9.17, 15) is 40.3 Å². The molecular formula is C26H25F7N2O3. The Morgan fingerprint density at radius 1 is 1.03 bits per heavy atom. The highest BCUT2D eigenvalue weighted by Gasteiger charge is 2.49. The molecule has 1 N–H and O–H groups in total. The van der Waals surface area contributed by atoms with E-state index in [2.05, 4.69) is 5.32 Å². The molecule has 0 aliphatic carbocycles. The number of nitrogens with zero attached hydrogens (tertiary/aromatic N) is 1. The van der Waals surface area contributed by atoms with Crippen LogP contribution in [0.2, 0.25) is 0 Å². The first-order chi connectivity index (χ1) is 17.6. The maximum atomic E-state index is 13.6. The van der Waals surface area contributed by atoms with Crippen molar-refractivity contribution >= 4 is 11.8 Å². The van der Waals surface area contributed by atoms with Crippen LogP contribution >= 0.6 is 0 Å².